The molecule has 0 aliphatic heterocycles. The van der Waals surface area contributed by atoms with Gasteiger partial charge in [0.05, 0.1) is 12.2 Å². The molecule has 0 bridgehead atoms. The number of hydrogen-bond acceptors (Lipinski definition) is 3. The molecule has 5 heteroatoms. The van der Waals surface area contributed by atoms with Crippen LogP contribution in [0.3, 0.4) is 0 Å². The first-order valence-electron chi connectivity index (χ1n) is 4.47. The summed E-state index contributed by atoms with van der Waals surface area (Å²) in [6.07, 6.45) is 3.20. The molecule has 1 aromatic rings. The van der Waals surface area contributed by atoms with Gasteiger partial charge in [-0.05, 0) is 6.42 Å². The fourth-order valence-electron chi connectivity index (χ4n) is 1.25. The summed E-state index contributed by atoms with van der Waals surface area (Å²) in [6.45, 7) is 6.05. The van der Waals surface area contributed by atoms with Gasteiger partial charge in [-0.15, -0.1) is 11.7 Å². The van der Waals surface area contributed by atoms with Crippen LogP contribution in [0.25, 0.3) is 0 Å². The molecular formula is C9H13N3O2. The number of carboxylic acids is 1. The van der Waals surface area contributed by atoms with Gasteiger partial charge in [-0.2, -0.15) is 0 Å². The zero-order valence-corrected chi connectivity index (χ0v) is 8.10. The Bertz CT molecular complexity index is 344. The van der Waals surface area contributed by atoms with Crippen LogP contribution in [0.4, 0.5) is 0 Å². The van der Waals surface area contributed by atoms with E-state index in [1.54, 1.807) is 10.8 Å². The van der Waals surface area contributed by atoms with Gasteiger partial charge in [0.2, 0.25) is 0 Å². The van der Waals surface area contributed by atoms with Gasteiger partial charge in [0.15, 0.2) is 5.69 Å². The van der Waals surface area contributed by atoms with Gasteiger partial charge in [-0.25, -0.2) is 9.48 Å². The molecule has 1 rings (SSSR count). The van der Waals surface area contributed by atoms with E-state index in [0.29, 0.717) is 18.7 Å². The van der Waals surface area contributed by atoms with E-state index in [1.807, 2.05) is 6.92 Å². The molecule has 1 N–H and O–H groups in total. The number of allylic oxidation sites excluding steroid dienone is 1. The van der Waals surface area contributed by atoms with Gasteiger partial charge in [0.1, 0.15) is 0 Å². The lowest BCUT2D eigenvalue weighted by atomic mass is 10.2. The zero-order valence-electron chi connectivity index (χ0n) is 8.10. The summed E-state index contributed by atoms with van der Waals surface area (Å²) >= 11 is 0. The minimum atomic E-state index is -1.02. The summed E-state index contributed by atoms with van der Waals surface area (Å²) in [5.41, 5.74) is 0.716. The fourth-order valence-corrected chi connectivity index (χ4v) is 1.25. The molecule has 0 atom stereocenters. The van der Waals surface area contributed by atoms with Crippen LogP contribution in [0.1, 0.15) is 29.5 Å². The van der Waals surface area contributed by atoms with Crippen molar-refractivity contribution in [1.29, 1.82) is 0 Å². The normalized spacial score (nSPS) is 10.1. The van der Waals surface area contributed by atoms with Crippen molar-refractivity contribution in [3.05, 3.63) is 24.0 Å². The molecule has 14 heavy (non-hydrogen) atoms. The average Bonchev–Trinajstić information content (AvgIpc) is 2.50. The van der Waals surface area contributed by atoms with Crippen molar-refractivity contribution in [1.82, 2.24) is 15.0 Å². The highest BCUT2D eigenvalue weighted by molar-refractivity contribution is 5.86. The van der Waals surface area contributed by atoms with Crippen molar-refractivity contribution < 1.29 is 9.90 Å². The third kappa shape index (κ3) is 1.99. The van der Waals surface area contributed by atoms with E-state index in [0.717, 1.165) is 6.42 Å². The Morgan fingerprint density at radius 2 is 2.43 bits per heavy atom. The molecule has 0 fully saturated rings. The molecule has 0 radical (unpaired) electrons. The molecule has 0 unspecified atom stereocenters. The average molecular weight is 195 g/mol. The van der Waals surface area contributed by atoms with Crippen LogP contribution in [0.2, 0.25) is 0 Å². The first-order chi connectivity index (χ1) is 6.70. The molecule has 1 aromatic heterocycles. The van der Waals surface area contributed by atoms with Gasteiger partial charge in [0.25, 0.3) is 0 Å². The maximum absolute atomic E-state index is 10.8. The van der Waals surface area contributed by atoms with E-state index >= 15 is 0 Å². The van der Waals surface area contributed by atoms with E-state index in [1.165, 1.54) is 0 Å². The molecule has 0 aromatic carbocycles. The standard InChI is InChI=1S/C9H13N3O2/c1-3-5-7-8(9(13)14)10-11-12(7)6-4-2/h4H,2-3,5-6H2,1H3,(H,13,14). The van der Waals surface area contributed by atoms with Crippen molar-refractivity contribution in [2.75, 3.05) is 0 Å². The lowest BCUT2D eigenvalue weighted by molar-refractivity contribution is 0.0689. The first-order valence-corrected chi connectivity index (χ1v) is 4.47. The first kappa shape index (κ1) is 10.4. The Balaban J connectivity index is 3.05. The molecule has 76 valence electrons. The van der Waals surface area contributed by atoms with E-state index in [2.05, 4.69) is 16.9 Å². The second kappa shape index (κ2) is 4.55. The highest BCUT2D eigenvalue weighted by Gasteiger charge is 2.16. The molecule has 1 heterocycles. The summed E-state index contributed by atoms with van der Waals surface area (Å²) in [6, 6.07) is 0. The van der Waals surface area contributed by atoms with Crippen LogP contribution in [-0.4, -0.2) is 26.1 Å². The van der Waals surface area contributed by atoms with Crippen LogP contribution in [0.15, 0.2) is 12.7 Å². The van der Waals surface area contributed by atoms with Crippen LogP contribution >= 0.6 is 0 Å². The summed E-state index contributed by atoms with van der Waals surface area (Å²) in [5.74, 6) is -1.02. The Hall–Kier alpha value is -1.65. The maximum Gasteiger partial charge on any atom is 0.358 e. The molecule has 0 aliphatic rings. The lowest BCUT2D eigenvalue weighted by Gasteiger charge is -2.01. The maximum atomic E-state index is 10.8. The highest BCUT2D eigenvalue weighted by Crippen LogP contribution is 2.08. The zero-order chi connectivity index (χ0) is 10.6. The largest absolute Gasteiger partial charge is 0.476 e. The Kier molecular flexibility index (Phi) is 3.39. The summed E-state index contributed by atoms with van der Waals surface area (Å²) in [5, 5.41) is 16.2. The Morgan fingerprint density at radius 1 is 1.71 bits per heavy atom. The quantitative estimate of drug-likeness (QED) is 0.715. The summed E-state index contributed by atoms with van der Waals surface area (Å²) in [4.78, 5) is 10.8. The third-order valence-corrected chi connectivity index (χ3v) is 1.83. The third-order valence-electron chi connectivity index (χ3n) is 1.83. The number of carboxylic acid groups (broad SMARTS) is 1. The second-order valence-electron chi connectivity index (χ2n) is 2.91. The number of nitrogens with zero attached hydrogens (tertiary/aromatic N) is 3. The SMILES string of the molecule is C=CCn1nnc(C(=O)O)c1CCC. The van der Waals surface area contributed by atoms with Crippen LogP contribution in [-0.2, 0) is 13.0 Å². The van der Waals surface area contributed by atoms with Gasteiger partial charge < -0.3 is 5.11 Å². The minimum absolute atomic E-state index is 0.0497. The Labute approximate surface area is 82.0 Å². The smallest absolute Gasteiger partial charge is 0.358 e. The molecular weight excluding hydrogens is 182 g/mol. The van der Waals surface area contributed by atoms with Crippen LogP contribution < -0.4 is 0 Å². The monoisotopic (exact) mass is 195 g/mol. The molecule has 0 saturated carbocycles. The number of aromatic nitrogens is 3. The predicted molar refractivity (Wildman–Crippen MR) is 51.2 cm³/mol. The molecule has 5 nitrogen and oxygen atoms in total. The number of hydrogen-bond donors (Lipinski definition) is 1. The second-order valence-corrected chi connectivity index (χ2v) is 2.91. The predicted octanol–water partition coefficient (Wildman–Crippen LogP) is 1.11. The summed E-state index contributed by atoms with van der Waals surface area (Å²) < 4.78 is 1.57. The van der Waals surface area contributed by atoms with E-state index in [4.69, 9.17) is 5.11 Å². The van der Waals surface area contributed by atoms with E-state index in [9.17, 15) is 4.79 Å². The molecule has 0 saturated heterocycles. The topological polar surface area (TPSA) is 68.0 Å². The van der Waals surface area contributed by atoms with Gasteiger partial charge >= 0.3 is 5.97 Å². The van der Waals surface area contributed by atoms with E-state index < -0.39 is 5.97 Å². The fraction of sp³-hybridized carbons (Fsp3) is 0.444. The van der Waals surface area contributed by atoms with Crippen molar-refractivity contribution >= 4 is 5.97 Å². The highest BCUT2D eigenvalue weighted by atomic mass is 16.4. The molecule has 0 aliphatic carbocycles. The number of carbonyl (C=O) groups is 1. The Morgan fingerprint density at radius 3 is 2.93 bits per heavy atom. The van der Waals surface area contributed by atoms with Crippen molar-refractivity contribution in [2.45, 2.75) is 26.3 Å². The van der Waals surface area contributed by atoms with Crippen LogP contribution in [0.5, 0.6) is 0 Å². The number of aromatic carboxylic acids is 1. The molecule has 0 spiro atoms. The van der Waals surface area contributed by atoms with Crippen molar-refractivity contribution in [2.24, 2.45) is 0 Å². The van der Waals surface area contributed by atoms with Gasteiger partial charge in [-0.3, -0.25) is 0 Å². The number of rotatable bonds is 5. The van der Waals surface area contributed by atoms with Gasteiger partial charge in [0, 0.05) is 0 Å². The van der Waals surface area contributed by atoms with E-state index in [-0.39, 0.29) is 5.69 Å². The van der Waals surface area contributed by atoms with Crippen molar-refractivity contribution in [3.8, 4) is 0 Å². The summed E-state index contributed by atoms with van der Waals surface area (Å²) in [7, 11) is 0. The van der Waals surface area contributed by atoms with Gasteiger partial charge in [-0.1, -0.05) is 24.6 Å². The van der Waals surface area contributed by atoms with Crippen molar-refractivity contribution in [3.63, 3.8) is 0 Å². The lowest BCUT2D eigenvalue weighted by Crippen LogP contribution is -2.07. The molecule has 0 amide bonds. The van der Waals surface area contributed by atoms with Crippen LogP contribution in [0, 0.1) is 0 Å². The minimum Gasteiger partial charge on any atom is -0.476 e.